The molecule has 0 aliphatic rings. The first-order chi connectivity index (χ1) is 13.3. The van der Waals surface area contributed by atoms with E-state index >= 15 is 0 Å². The number of rotatable bonds is 3. The highest BCUT2D eigenvalue weighted by Crippen LogP contribution is 2.36. The third-order valence-corrected chi connectivity index (χ3v) is 3.68. The molecule has 0 saturated heterocycles. The number of carbonyl (C=O) groups is 2. The van der Waals surface area contributed by atoms with Crippen molar-refractivity contribution in [2.75, 3.05) is 5.32 Å². The minimum absolute atomic E-state index is 0.208. The minimum Gasteiger partial charge on any atom is -0.443 e. The predicted molar refractivity (Wildman–Crippen MR) is 99.3 cm³/mol. The first-order valence-corrected chi connectivity index (χ1v) is 8.39. The molecule has 8 nitrogen and oxygen atoms in total. The van der Waals surface area contributed by atoms with Crippen molar-refractivity contribution in [2.24, 2.45) is 5.11 Å². The number of azide groups is 1. The topological polar surface area (TPSA) is 109 Å². The SMILES string of the molecule is CC(C)(C)OC(=O)n1ccc(N=[N+]=[N-])c1C(=O)Nc1ccc(Cl)c(C(F)(F)F)c1. The number of anilines is 1. The van der Waals surface area contributed by atoms with Gasteiger partial charge in [0.25, 0.3) is 5.91 Å². The Morgan fingerprint density at radius 3 is 2.45 bits per heavy atom. The van der Waals surface area contributed by atoms with Gasteiger partial charge in [-0.2, -0.15) is 13.2 Å². The smallest absolute Gasteiger partial charge is 0.419 e. The maximum atomic E-state index is 13.0. The largest absolute Gasteiger partial charge is 0.443 e. The Labute approximate surface area is 167 Å². The van der Waals surface area contributed by atoms with Crippen LogP contribution in [-0.4, -0.2) is 22.2 Å². The Bertz CT molecular complexity index is 1000. The molecule has 2 aromatic rings. The fourth-order valence-corrected chi connectivity index (χ4v) is 2.48. The van der Waals surface area contributed by atoms with Crippen LogP contribution in [0.25, 0.3) is 10.4 Å². The third-order valence-electron chi connectivity index (χ3n) is 3.35. The number of amides is 1. The van der Waals surface area contributed by atoms with Gasteiger partial charge < -0.3 is 10.1 Å². The van der Waals surface area contributed by atoms with E-state index in [1.54, 1.807) is 20.8 Å². The van der Waals surface area contributed by atoms with E-state index < -0.39 is 40.1 Å². The molecule has 2 rings (SSSR count). The zero-order valence-corrected chi connectivity index (χ0v) is 16.2. The summed E-state index contributed by atoms with van der Waals surface area (Å²) in [6.45, 7) is 4.82. The lowest BCUT2D eigenvalue weighted by Gasteiger charge is -2.20. The Morgan fingerprint density at radius 2 is 1.90 bits per heavy atom. The molecule has 29 heavy (non-hydrogen) atoms. The fourth-order valence-electron chi connectivity index (χ4n) is 2.25. The zero-order chi connectivity index (χ0) is 22.0. The minimum atomic E-state index is -4.73. The zero-order valence-electron chi connectivity index (χ0n) is 15.4. The molecule has 12 heteroatoms. The summed E-state index contributed by atoms with van der Waals surface area (Å²) in [5.74, 6) is -0.987. The molecule has 0 spiro atoms. The van der Waals surface area contributed by atoms with E-state index in [9.17, 15) is 22.8 Å². The number of hydrogen-bond donors (Lipinski definition) is 1. The van der Waals surface area contributed by atoms with Crippen LogP contribution in [0.2, 0.25) is 5.02 Å². The molecular weight excluding hydrogens is 415 g/mol. The van der Waals surface area contributed by atoms with E-state index in [0.717, 1.165) is 22.9 Å². The summed E-state index contributed by atoms with van der Waals surface area (Å²) in [6, 6.07) is 3.97. The van der Waals surface area contributed by atoms with Gasteiger partial charge in [0.15, 0.2) is 0 Å². The van der Waals surface area contributed by atoms with Crippen molar-refractivity contribution in [3.8, 4) is 0 Å². The van der Waals surface area contributed by atoms with Crippen molar-refractivity contribution in [1.29, 1.82) is 0 Å². The molecule has 0 fully saturated rings. The highest BCUT2D eigenvalue weighted by Gasteiger charge is 2.33. The first-order valence-electron chi connectivity index (χ1n) is 8.01. The van der Waals surface area contributed by atoms with Crippen LogP contribution < -0.4 is 5.32 Å². The second-order valence-electron chi connectivity index (χ2n) is 6.74. The molecule has 154 valence electrons. The number of halogens is 4. The van der Waals surface area contributed by atoms with E-state index in [0.29, 0.717) is 6.07 Å². The number of benzene rings is 1. The molecule has 0 atom stereocenters. The Hall–Kier alpha value is -3.17. The van der Waals surface area contributed by atoms with Gasteiger partial charge in [0.1, 0.15) is 11.3 Å². The van der Waals surface area contributed by atoms with Gasteiger partial charge in [-0.3, -0.25) is 4.79 Å². The second-order valence-corrected chi connectivity index (χ2v) is 7.14. The first kappa shape index (κ1) is 22.1. The van der Waals surface area contributed by atoms with Crippen molar-refractivity contribution in [3.63, 3.8) is 0 Å². The molecule has 1 aromatic heterocycles. The van der Waals surface area contributed by atoms with Crippen LogP contribution in [0.5, 0.6) is 0 Å². The number of aromatic nitrogens is 1. The Morgan fingerprint density at radius 1 is 1.24 bits per heavy atom. The number of alkyl halides is 3. The molecule has 0 aliphatic heterocycles. The summed E-state index contributed by atoms with van der Waals surface area (Å²) in [7, 11) is 0. The monoisotopic (exact) mass is 429 g/mol. The lowest BCUT2D eigenvalue weighted by atomic mass is 10.2. The van der Waals surface area contributed by atoms with Gasteiger partial charge in [-0.15, -0.1) is 0 Å². The van der Waals surface area contributed by atoms with Crippen molar-refractivity contribution in [3.05, 3.63) is 57.2 Å². The highest BCUT2D eigenvalue weighted by molar-refractivity contribution is 6.31. The standard InChI is InChI=1S/C17H15ClF3N5O3/c1-16(2,3)29-15(28)26-7-6-12(24-25-22)13(26)14(27)23-9-4-5-11(18)10(8-9)17(19,20)21/h4-8H,1-3H3,(H,23,27). The number of ether oxygens (including phenoxy) is 1. The van der Waals surface area contributed by atoms with Crippen molar-refractivity contribution < 1.29 is 27.5 Å². The van der Waals surface area contributed by atoms with Crippen molar-refractivity contribution in [1.82, 2.24) is 4.57 Å². The third kappa shape index (κ3) is 5.43. The normalized spacial score (nSPS) is 11.6. The molecular formula is C17H15ClF3N5O3. The molecule has 1 amide bonds. The molecule has 1 aromatic carbocycles. The van der Waals surface area contributed by atoms with Gasteiger partial charge in [0.05, 0.1) is 16.3 Å². The van der Waals surface area contributed by atoms with Crippen LogP contribution in [0.1, 0.15) is 36.8 Å². The van der Waals surface area contributed by atoms with E-state index in [-0.39, 0.29) is 11.4 Å². The van der Waals surface area contributed by atoms with E-state index in [1.165, 1.54) is 6.07 Å². The fraction of sp³-hybridized carbons (Fsp3) is 0.294. The maximum Gasteiger partial charge on any atom is 0.419 e. The molecule has 0 saturated carbocycles. The average Bonchev–Trinajstić information content (AvgIpc) is 2.98. The van der Waals surface area contributed by atoms with E-state index in [1.807, 2.05) is 0 Å². The highest BCUT2D eigenvalue weighted by atomic mass is 35.5. The van der Waals surface area contributed by atoms with Crippen LogP contribution in [0.4, 0.5) is 29.3 Å². The number of hydrogen-bond acceptors (Lipinski definition) is 4. The second kappa shape index (κ2) is 8.06. The van der Waals surface area contributed by atoms with Gasteiger partial charge in [-0.05, 0) is 50.6 Å². The van der Waals surface area contributed by atoms with Gasteiger partial charge in [0, 0.05) is 16.8 Å². The van der Waals surface area contributed by atoms with Crippen LogP contribution in [0, 0.1) is 0 Å². The Balaban J connectivity index is 2.44. The summed E-state index contributed by atoms with van der Waals surface area (Å²) in [6.07, 6.45) is -4.52. The molecule has 1 heterocycles. The quantitative estimate of drug-likeness (QED) is 0.359. The van der Waals surface area contributed by atoms with Crippen LogP contribution in [0.15, 0.2) is 35.6 Å². The van der Waals surface area contributed by atoms with Crippen LogP contribution in [0.3, 0.4) is 0 Å². The maximum absolute atomic E-state index is 13.0. The summed E-state index contributed by atoms with van der Waals surface area (Å²) >= 11 is 5.56. The lowest BCUT2D eigenvalue weighted by Crippen LogP contribution is -2.29. The van der Waals surface area contributed by atoms with Crippen LogP contribution >= 0.6 is 11.6 Å². The summed E-state index contributed by atoms with van der Waals surface area (Å²) < 4.78 is 45.0. The van der Waals surface area contributed by atoms with E-state index in [2.05, 4.69) is 15.3 Å². The van der Waals surface area contributed by atoms with Crippen molar-refractivity contribution in [2.45, 2.75) is 32.5 Å². The molecule has 1 N–H and O–H groups in total. The van der Waals surface area contributed by atoms with Gasteiger partial charge in [-0.25, -0.2) is 9.36 Å². The Kier molecular flexibility index (Phi) is 6.15. The summed E-state index contributed by atoms with van der Waals surface area (Å²) in [5.41, 5.74) is 5.80. The number of carbonyl (C=O) groups excluding carboxylic acids is 2. The summed E-state index contributed by atoms with van der Waals surface area (Å²) in [5, 5.41) is 5.02. The lowest BCUT2D eigenvalue weighted by molar-refractivity contribution is -0.137. The van der Waals surface area contributed by atoms with Gasteiger partial charge >= 0.3 is 12.3 Å². The predicted octanol–water partition coefficient (Wildman–Crippen LogP) is 6.14. The van der Waals surface area contributed by atoms with Gasteiger partial charge in [0.2, 0.25) is 0 Å². The van der Waals surface area contributed by atoms with Gasteiger partial charge in [-0.1, -0.05) is 16.7 Å². The number of nitrogens with zero attached hydrogens (tertiary/aromatic N) is 4. The van der Waals surface area contributed by atoms with Crippen molar-refractivity contribution >= 4 is 35.0 Å². The summed E-state index contributed by atoms with van der Waals surface area (Å²) in [4.78, 5) is 27.6. The molecule has 0 bridgehead atoms. The molecule has 0 aliphatic carbocycles. The average molecular weight is 430 g/mol. The number of nitrogens with one attached hydrogen (secondary N) is 1. The molecule has 0 unspecified atom stereocenters. The van der Waals surface area contributed by atoms with E-state index in [4.69, 9.17) is 21.9 Å². The molecule has 0 radical (unpaired) electrons. The van der Waals surface area contributed by atoms with Crippen LogP contribution in [-0.2, 0) is 10.9 Å².